The predicted octanol–water partition coefficient (Wildman–Crippen LogP) is -2.88. The number of aromatic nitrogens is 3. The minimum Gasteiger partial charge on any atom is -0.391 e. The SMILES string of the molecule is CSCC[C@H](NC(=O)[C@@H](CC(C)C)NC(=O)[C@H](Cc1cnc[nH]1)NC(=O)CNC(=O)[C@@H](NC(=O)[C@H](C)NC(=O)[C@H](Cc1c[nH]c2ccccc12)NC(=O)[C@H](CCC(N)=O)NC(=O)[C@@H](N)[C@@H](C)O)C(C)C)C(N)=O. The van der Waals surface area contributed by atoms with Crippen LogP contribution in [0.1, 0.15) is 78.5 Å². The summed E-state index contributed by atoms with van der Waals surface area (Å²) in [5, 5.41) is 31.1. The summed E-state index contributed by atoms with van der Waals surface area (Å²) in [6.07, 6.45) is 4.65. The number of hydrogen-bond donors (Lipinski definition) is 14. The van der Waals surface area contributed by atoms with E-state index in [4.69, 9.17) is 17.2 Å². The Morgan fingerprint density at radius 2 is 1.29 bits per heavy atom. The van der Waals surface area contributed by atoms with Crippen LogP contribution in [0.25, 0.3) is 10.9 Å². The molecule has 10 amide bonds. The summed E-state index contributed by atoms with van der Waals surface area (Å²) >= 11 is 1.46. The summed E-state index contributed by atoms with van der Waals surface area (Å²) in [5.74, 6) is -8.02. The molecule has 0 aliphatic carbocycles. The van der Waals surface area contributed by atoms with E-state index in [0.29, 0.717) is 17.0 Å². The number of para-hydroxylation sites is 1. The minimum atomic E-state index is -1.43. The molecule has 0 radical (unpaired) electrons. The van der Waals surface area contributed by atoms with Gasteiger partial charge in [-0.15, -0.1) is 0 Å². The molecule has 0 unspecified atom stereocenters. The average Bonchev–Trinajstić information content (AvgIpc) is 4.00. The molecule has 0 aliphatic rings. The fraction of sp³-hybridized carbons (Fsp3) is 0.553. The number of aliphatic hydroxyl groups is 1. The molecule has 0 aliphatic heterocycles. The van der Waals surface area contributed by atoms with Crippen LogP contribution in [0, 0.1) is 11.8 Å². The van der Waals surface area contributed by atoms with Crippen molar-refractivity contribution in [1.82, 2.24) is 57.5 Å². The number of carbonyl (C=O) groups excluding carboxylic acids is 10. The lowest BCUT2D eigenvalue weighted by Crippen LogP contribution is -2.60. The molecule has 25 nitrogen and oxygen atoms in total. The first kappa shape index (κ1) is 60.2. The second-order valence-electron chi connectivity index (χ2n) is 18.5. The molecule has 17 N–H and O–H groups in total. The Balaban J connectivity index is 1.75. The lowest BCUT2D eigenvalue weighted by molar-refractivity contribution is -0.135. The number of nitrogens with one attached hydrogen (secondary N) is 10. The van der Waals surface area contributed by atoms with Crippen molar-refractivity contribution in [2.75, 3.05) is 18.6 Å². The van der Waals surface area contributed by atoms with E-state index < -0.39 is 126 Å². The third kappa shape index (κ3) is 19.8. The lowest BCUT2D eigenvalue weighted by atomic mass is 10.0. The molecule has 0 spiro atoms. The number of H-pyrrole nitrogens is 2. The van der Waals surface area contributed by atoms with E-state index in [-0.39, 0.29) is 44.4 Å². The van der Waals surface area contributed by atoms with Crippen molar-refractivity contribution < 1.29 is 53.1 Å². The highest BCUT2D eigenvalue weighted by Crippen LogP contribution is 2.20. The van der Waals surface area contributed by atoms with Crippen LogP contribution in [-0.4, -0.2) is 152 Å². The van der Waals surface area contributed by atoms with E-state index >= 15 is 0 Å². The summed E-state index contributed by atoms with van der Waals surface area (Å²) in [5.41, 5.74) is 18.4. The predicted molar refractivity (Wildman–Crippen MR) is 271 cm³/mol. The Labute approximate surface area is 427 Å². The number of rotatable bonds is 31. The van der Waals surface area contributed by atoms with Gasteiger partial charge in [0.15, 0.2) is 0 Å². The fourth-order valence-electron chi connectivity index (χ4n) is 7.35. The third-order valence-corrected chi connectivity index (χ3v) is 12.2. The number of fused-ring (bicyclic) bond motifs is 1. The Bertz CT molecular complexity index is 2380. The number of nitrogens with two attached hydrogens (primary N) is 3. The van der Waals surface area contributed by atoms with Gasteiger partial charge in [-0.3, -0.25) is 47.9 Å². The van der Waals surface area contributed by atoms with Gasteiger partial charge in [-0.2, -0.15) is 11.8 Å². The lowest BCUT2D eigenvalue weighted by Gasteiger charge is -2.27. The van der Waals surface area contributed by atoms with Gasteiger partial charge >= 0.3 is 0 Å². The smallest absolute Gasteiger partial charge is 0.243 e. The average molecular weight is 1040 g/mol. The van der Waals surface area contributed by atoms with E-state index in [1.807, 2.05) is 20.1 Å². The van der Waals surface area contributed by atoms with E-state index in [0.717, 1.165) is 10.9 Å². The molecule has 0 saturated heterocycles. The molecule has 0 fully saturated rings. The zero-order valence-electron chi connectivity index (χ0n) is 42.2. The zero-order valence-corrected chi connectivity index (χ0v) is 43.0. The van der Waals surface area contributed by atoms with Crippen LogP contribution in [-0.2, 0) is 60.8 Å². The van der Waals surface area contributed by atoms with Gasteiger partial charge in [0.2, 0.25) is 59.1 Å². The number of aliphatic hydroxyl groups excluding tert-OH is 1. The summed E-state index contributed by atoms with van der Waals surface area (Å²) in [7, 11) is 0. The number of imidazole rings is 1. The number of amides is 10. The van der Waals surface area contributed by atoms with Gasteiger partial charge in [0, 0.05) is 48.3 Å². The molecule has 3 aromatic rings. The second kappa shape index (κ2) is 29.5. The highest BCUT2D eigenvalue weighted by molar-refractivity contribution is 7.98. The summed E-state index contributed by atoms with van der Waals surface area (Å²) in [6, 6.07) is -2.98. The first-order valence-electron chi connectivity index (χ1n) is 23.8. The fourth-order valence-corrected chi connectivity index (χ4v) is 7.83. The van der Waals surface area contributed by atoms with Gasteiger partial charge in [-0.05, 0) is 68.6 Å². The summed E-state index contributed by atoms with van der Waals surface area (Å²) < 4.78 is 0. The second-order valence-corrected chi connectivity index (χ2v) is 19.5. The molecule has 402 valence electrons. The molecule has 3 rings (SSSR count). The Kier molecular flexibility index (Phi) is 24.3. The Morgan fingerprint density at radius 3 is 1.89 bits per heavy atom. The van der Waals surface area contributed by atoms with Crippen LogP contribution in [0.5, 0.6) is 0 Å². The largest absolute Gasteiger partial charge is 0.391 e. The van der Waals surface area contributed by atoms with E-state index in [1.165, 1.54) is 38.1 Å². The number of carbonyl (C=O) groups is 10. The van der Waals surface area contributed by atoms with Crippen molar-refractivity contribution in [3.8, 4) is 0 Å². The standard InChI is InChI=1S/C47H72N14O11S/c1-23(2)16-33(44(69)57-31(40(50)65)14-15-73-7)59-45(70)35(18-28-20-51-22-54-28)56-37(64)21-53-47(72)39(24(3)4)61-41(66)25(5)55-43(68)34(17-27-19-52-30-11-9-8-10-29(27)30)60-42(67)32(12-13-36(48)63)58-46(71)38(49)26(6)62/h8-11,19-20,22-26,31-35,38-39,52,62H,12-18,21,49H2,1-7H3,(H2,48,63)(H2,50,65)(H,51,54)(H,53,72)(H,55,68)(H,56,64)(H,57,69)(H,58,71)(H,59,70)(H,60,67)(H,61,66)/t25-,26+,31-,32-,33+,34-,35-,38-,39-/m0/s1. The van der Waals surface area contributed by atoms with Crippen LogP contribution in [0.3, 0.4) is 0 Å². The van der Waals surface area contributed by atoms with Crippen LogP contribution in [0.15, 0.2) is 43.0 Å². The maximum Gasteiger partial charge on any atom is 0.243 e. The first-order valence-corrected chi connectivity index (χ1v) is 25.2. The minimum absolute atomic E-state index is 0.0794. The summed E-state index contributed by atoms with van der Waals surface area (Å²) in [6.45, 7) is 8.91. The molecular formula is C47H72N14O11S. The summed E-state index contributed by atoms with van der Waals surface area (Å²) in [4.78, 5) is 142. The zero-order chi connectivity index (χ0) is 54.5. The van der Waals surface area contributed by atoms with Crippen molar-refractivity contribution in [2.45, 2.75) is 135 Å². The van der Waals surface area contributed by atoms with Crippen molar-refractivity contribution >= 4 is 81.7 Å². The normalized spacial score (nSPS) is 15.0. The van der Waals surface area contributed by atoms with Gasteiger partial charge < -0.3 is 74.8 Å². The van der Waals surface area contributed by atoms with Crippen molar-refractivity contribution in [3.05, 3.63) is 54.2 Å². The van der Waals surface area contributed by atoms with Gasteiger partial charge in [-0.25, -0.2) is 4.98 Å². The van der Waals surface area contributed by atoms with Crippen LogP contribution >= 0.6 is 11.8 Å². The van der Waals surface area contributed by atoms with Crippen molar-refractivity contribution in [1.29, 1.82) is 0 Å². The first-order chi connectivity index (χ1) is 34.4. The van der Waals surface area contributed by atoms with E-state index in [9.17, 15) is 53.1 Å². The van der Waals surface area contributed by atoms with E-state index in [1.54, 1.807) is 44.3 Å². The number of hydrogen-bond acceptors (Lipinski definition) is 14. The van der Waals surface area contributed by atoms with Crippen LogP contribution < -0.4 is 59.7 Å². The van der Waals surface area contributed by atoms with Gasteiger partial charge in [0.25, 0.3) is 0 Å². The number of thioether (sulfide) groups is 1. The van der Waals surface area contributed by atoms with Crippen molar-refractivity contribution in [2.24, 2.45) is 29.0 Å². The number of primary amides is 2. The molecule has 2 aromatic heterocycles. The quantitative estimate of drug-likeness (QED) is 0.0308. The van der Waals surface area contributed by atoms with Crippen molar-refractivity contribution in [3.63, 3.8) is 0 Å². The third-order valence-electron chi connectivity index (χ3n) is 11.5. The molecule has 26 heteroatoms. The highest BCUT2D eigenvalue weighted by Gasteiger charge is 2.34. The van der Waals surface area contributed by atoms with Gasteiger partial charge in [-0.1, -0.05) is 45.9 Å². The number of benzene rings is 1. The van der Waals surface area contributed by atoms with Gasteiger partial charge in [0.1, 0.15) is 48.3 Å². The maximum absolute atomic E-state index is 14.0. The molecule has 0 bridgehead atoms. The molecule has 73 heavy (non-hydrogen) atoms. The maximum atomic E-state index is 14.0. The molecule has 2 heterocycles. The highest BCUT2D eigenvalue weighted by atomic mass is 32.2. The molecule has 0 saturated carbocycles. The topological polar surface area (TPSA) is 410 Å². The Hall–Kier alpha value is -7.06. The monoisotopic (exact) mass is 1040 g/mol. The van der Waals surface area contributed by atoms with Gasteiger partial charge in [0.05, 0.1) is 19.0 Å². The number of aromatic amines is 2. The molecule has 9 atom stereocenters. The molecular weight excluding hydrogens is 969 g/mol. The van der Waals surface area contributed by atoms with E-state index in [2.05, 4.69) is 57.5 Å². The van der Waals surface area contributed by atoms with Crippen LogP contribution in [0.2, 0.25) is 0 Å². The van der Waals surface area contributed by atoms with Crippen LogP contribution in [0.4, 0.5) is 0 Å². The number of nitrogens with zero attached hydrogens (tertiary/aromatic N) is 1. The Morgan fingerprint density at radius 1 is 0.685 bits per heavy atom. The molecule has 1 aromatic carbocycles.